The molecule has 0 aliphatic carbocycles. The minimum Gasteiger partial charge on any atom is -0.497 e. The van der Waals surface area contributed by atoms with Crippen molar-refractivity contribution in [2.75, 3.05) is 36.7 Å². The van der Waals surface area contributed by atoms with Gasteiger partial charge in [-0.25, -0.2) is 0 Å². The maximum Gasteiger partial charge on any atom is 0.249 e. The molecule has 5 rings (SSSR count). The van der Waals surface area contributed by atoms with Gasteiger partial charge in [-0.1, -0.05) is 56.4 Å². The van der Waals surface area contributed by atoms with E-state index >= 15 is 0 Å². The normalized spacial score (nSPS) is 26.0. The van der Waals surface area contributed by atoms with E-state index in [0.717, 1.165) is 60.1 Å². The molecule has 2 atom stereocenters. The van der Waals surface area contributed by atoms with Gasteiger partial charge in [0.25, 0.3) is 0 Å². The van der Waals surface area contributed by atoms with Crippen LogP contribution in [-0.2, 0) is 9.54 Å². The van der Waals surface area contributed by atoms with Crippen LogP contribution in [0.25, 0.3) is 0 Å². The second kappa shape index (κ2) is 10.9. The van der Waals surface area contributed by atoms with Crippen LogP contribution < -0.4 is 14.4 Å². The number of methoxy groups -OCH3 is 1. The highest BCUT2D eigenvalue weighted by Gasteiger charge is 2.57. The zero-order valence-electron chi connectivity index (χ0n) is 20.1. The fourth-order valence-corrected chi connectivity index (χ4v) is 8.90. The molecule has 182 valence electrons. The molecule has 0 radical (unpaired) electrons. The molecule has 1 saturated heterocycles. The summed E-state index contributed by atoms with van der Waals surface area (Å²) in [6.45, 7) is 1.51. The van der Waals surface area contributed by atoms with Crippen molar-refractivity contribution in [3.63, 3.8) is 0 Å². The van der Waals surface area contributed by atoms with E-state index in [1.165, 1.54) is 37.7 Å². The molecule has 0 unspecified atom stereocenters. The molecule has 1 spiro atoms. The molecule has 3 aliphatic rings. The van der Waals surface area contributed by atoms with Crippen molar-refractivity contribution < 1.29 is 14.3 Å². The van der Waals surface area contributed by atoms with Crippen LogP contribution in [0.1, 0.15) is 67.7 Å². The number of carbonyl (C=O) groups excluding carboxylic acids is 1. The average Bonchev–Trinajstić information content (AvgIpc) is 2.99. The molecule has 3 aliphatic heterocycles. The first-order valence-electron chi connectivity index (χ1n) is 12.7. The Kier molecular flexibility index (Phi) is 7.64. The first kappa shape index (κ1) is 23.9. The Labute approximate surface area is 212 Å². The number of amides is 1. The van der Waals surface area contributed by atoms with Gasteiger partial charge in [0.15, 0.2) is 0 Å². The molecule has 6 heteroatoms. The van der Waals surface area contributed by atoms with Crippen molar-refractivity contribution in [3.8, 4) is 11.5 Å². The van der Waals surface area contributed by atoms with E-state index in [2.05, 4.69) is 35.2 Å². The summed E-state index contributed by atoms with van der Waals surface area (Å²) in [4.78, 5) is 16.5. The van der Waals surface area contributed by atoms with Crippen LogP contribution in [0.4, 0.5) is 5.69 Å². The van der Waals surface area contributed by atoms with Gasteiger partial charge >= 0.3 is 0 Å². The van der Waals surface area contributed by atoms with Gasteiger partial charge in [0.2, 0.25) is 5.91 Å². The third kappa shape index (κ3) is 4.44. The van der Waals surface area contributed by atoms with Crippen molar-refractivity contribution >= 4 is 35.1 Å². The van der Waals surface area contributed by atoms with Gasteiger partial charge in [-0.15, -0.1) is 11.8 Å². The summed E-state index contributed by atoms with van der Waals surface area (Å²) >= 11 is 3.77. The highest BCUT2D eigenvalue weighted by molar-refractivity contribution is 8.05. The number of benzene rings is 2. The fourth-order valence-electron chi connectivity index (χ4n) is 5.48. The molecule has 0 saturated carbocycles. The number of ether oxygens (including phenoxy) is 2. The van der Waals surface area contributed by atoms with Crippen molar-refractivity contribution in [3.05, 3.63) is 53.6 Å². The summed E-state index contributed by atoms with van der Waals surface area (Å²) in [5.41, 5.74) is 3.40. The Balaban J connectivity index is 1.64. The molecule has 0 N–H and O–H groups in total. The van der Waals surface area contributed by atoms with E-state index in [-0.39, 0.29) is 11.2 Å². The Hall–Kier alpha value is -1.79. The predicted octanol–water partition coefficient (Wildman–Crippen LogP) is 6.97. The maximum absolute atomic E-state index is 14.4. The number of carbonyl (C=O) groups is 1. The zero-order valence-corrected chi connectivity index (χ0v) is 21.7. The van der Waals surface area contributed by atoms with E-state index in [4.69, 9.17) is 9.47 Å². The van der Waals surface area contributed by atoms with Crippen molar-refractivity contribution in [1.29, 1.82) is 0 Å². The van der Waals surface area contributed by atoms with Crippen LogP contribution in [0.5, 0.6) is 11.5 Å². The summed E-state index contributed by atoms with van der Waals surface area (Å²) in [5, 5.41) is -0.00698. The number of nitrogens with zero attached hydrogens (tertiary/aromatic N) is 1. The summed E-state index contributed by atoms with van der Waals surface area (Å²) in [7, 11) is 1.70. The quantitative estimate of drug-likeness (QED) is 0.425. The number of fused-ring (bicyclic) bond motifs is 5. The van der Waals surface area contributed by atoms with Crippen molar-refractivity contribution in [2.45, 2.75) is 61.4 Å². The summed E-state index contributed by atoms with van der Waals surface area (Å²) < 4.78 is 11.3. The minimum atomic E-state index is -0.623. The van der Waals surface area contributed by atoms with Crippen LogP contribution in [0.15, 0.2) is 42.5 Å². The molecule has 4 nitrogen and oxygen atoms in total. The second-order valence-corrected chi connectivity index (χ2v) is 11.9. The molecule has 2 aromatic carbocycles. The number of thioether (sulfide) groups is 2. The second-order valence-electron chi connectivity index (χ2n) is 9.39. The smallest absolute Gasteiger partial charge is 0.249 e. The number of hydrogen-bond donors (Lipinski definition) is 0. The van der Waals surface area contributed by atoms with Crippen molar-refractivity contribution in [1.82, 2.24) is 0 Å². The molecule has 3 heterocycles. The van der Waals surface area contributed by atoms with E-state index in [1.807, 2.05) is 35.7 Å². The van der Waals surface area contributed by atoms with E-state index in [1.54, 1.807) is 7.11 Å². The molecule has 1 fully saturated rings. The number of anilines is 1. The molecular weight excluding hydrogens is 462 g/mol. The van der Waals surface area contributed by atoms with Gasteiger partial charge < -0.3 is 14.4 Å². The Morgan fingerprint density at radius 2 is 1.76 bits per heavy atom. The lowest BCUT2D eigenvalue weighted by Gasteiger charge is -2.35. The molecule has 2 bridgehead atoms. The van der Waals surface area contributed by atoms with Gasteiger partial charge in [-0.2, -0.15) is 11.8 Å². The number of hydrogen-bond acceptors (Lipinski definition) is 5. The van der Waals surface area contributed by atoms with E-state index in [9.17, 15) is 4.79 Å². The van der Waals surface area contributed by atoms with Crippen LogP contribution in [0.3, 0.4) is 0 Å². The van der Waals surface area contributed by atoms with Crippen molar-refractivity contribution in [2.24, 2.45) is 0 Å². The van der Waals surface area contributed by atoms with Crippen LogP contribution in [0, 0.1) is 0 Å². The SMILES string of the molecule is COc1ccc2c(c1)OCCCCCCCCCN1C(=O)[C@]3(SCCCS[C@H]23)c2ccccc21. The third-order valence-corrected chi connectivity index (χ3v) is 10.4. The van der Waals surface area contributed by atoms with Crippen LogP contribution >= 0.6 is 23.5 Å². The molecule has 34 heavy (non-hydrogen) atoms. The molecular formula is C28H35NO3S2. The number of rotatable bonds is 1. The van der Waals surface area contributed by atoms with Gasteiger partial charge in [0.05, 0.1) is 19.0 Å². The lowest BCUT2D eigenvalue weighted by atomic mass is 9.90. The third-order valence-electron chi connectivity index (χ3n) is 7.22. The Morgan fingerprint density at radius 1 is 0.971 bits per heavy atom. The highest BCUT2D eigenvalue weighted by Crippen LogP contribution is 2.62. The molecule has 2 aromatic rings. The first-order chi connectivity index (χ1) is 16.8. The predicted molar refractivity (Wildman–Crippen MR) is 144 cm³/mol. The lowest BCUT2D eigenvalue weighted by Crippen LogP contribution is -2.42. The Morgan fingerprint density at radius 3 is 2.62 bits per heavy atom. The van der Waals surface area contributed by atoms with Gasteiger partial charge in [0, 0.05) is 29.4 Å². The van der Waals surface area contributed by atoms with Crippen LogP contribution in [-0.4, -0.2) is 37.7 Å². The van der Waals surface area contributed by atoms with E-state index < -0.39 is 4.75 Å². The Bertz CT molecular complexity index is 1010. The highest BCUT2D eigenvalue weighted by atomic mass is 32.2. The van der Waals surface area contributed by atoms with Gasteiger partial charge in [0.1, 0.15) is 16.2 Å². The largest absolute Gasteiger partial charge is 0.497 e. The lowest BCUT2D eigenvalue weighted by molar-refractivity contribution is -0.120. The van der Waals surface area contributed by atoms with E-state index in [0.29, 0.717) is 6.61 Å². The fraction of sp³-hybridized carbons (Fsp3) is 0.536. The summed E-state index contributed by atoms with van der Waals surface area (Å²) in [6.07, 6.45) is 9.36. The summed E-state index contributed by atoms with van der Waals surface area (Å²) in [5.74, 6) is 3.96. The average molecular weight is 498 g/mol. The zero-order chi connectivity index (χ0) is 23.4. The molecule has 1 amide bonds. The van der Waals surface area contributed by atoms with Gasteiger partial charge in [-0.05, 0) is 42.9 Å². The monoisotopic (exact) mass is 497 g/mol. The standard InChI is InChI=1S/C28H35NO3S2/c1-31-21-14-15-22-25(20-21)32-17-10-6-4-2-3-5-9-16-29-24-13-8-7-12-23(24)28(27(29)30)26(22)33-18-11-19-34-28/h7-8,12-15,20,26H,2-6,9-11,16-19H2,1H3/t26-,28+/m1/s1. The van der Waals surface area contributed by atoms with Gasteiger partial charge in [-0.3, -0.25) is 4.79 Å². The first-order valence-corrected chi connectivity index (χ1v) is 14.8. The summed E-state index contributed by atoms with van der Waals surface area (Å²) in [6, 6.07) is 14.7. The van der Waals surface area contributed by atoms with Crippen LogP contribution in [0.2, 0.25) is 0 Å². The molecule has 0 aromatic heterocycles. The maximum atomic E-state index is 14.4. The topological polar surface area (TPSA) is 38.8 Å². The number of para-hydroxylation sites is 1. The minimum absolute atomic E-state index is 0.00698.